The Kier molecular flexibility index (Phi) is 5.31. The van der Waals surface area contributed by atoms with Crippen LogP contribution in [-0.2, 0) is 11.8 Å². The van der Waals surface area contributed by atoms with Gasteiger partial charge >= 0.3 is 0 Å². The molecule has 2 aromatic rings. The summed E-state index contributed by atoms with van der Waals surface area (Å²) in [6.45, 7) is 5.00. The summed E-state index contributed by atoms with van der Waals surface area (Å²) >= 11 is 6.02. The maximum absolute atomic E-state index is 12.9. The smallest absolute Gasteiger partial charge is 0.274 e. The van der Waals surface area contributed by atoms with E-state index in [1.807, 2.05) is 4.90 Å². The average molecular weight is 379 g/mol. The summed E-state index contributed by atoms with van der Waals surface area (Å²) in [5.74, 6) is -0.389. The number of carbonyl (C=O) groups excluding carboxylic acids is 2. The number of nitrogens with zero attached hydrogens (tertiary/aromatic N) is 5. The Hall–Kier alpha value is -2.35. The fraction of sp³-hybridized carbons (Fsp3) is 0.529. The molecule has 1 aliphatic rings. The topological polar surface area (TPSA) is 85.0 Å². The quantitative estimate of drug-likeness (QED) is 0.885. The van der Waals surface area contributed by atoms with Gasteiger partial charge in [-0.05, 0) is 33.1 Å². The highest BCUT2D eigenvalue weighted by molar-refractivity contribution is 6.31. The fourth-order valence-electron chi connectivity index (χ4n) is 3.17. The van der Waals surface area contributed by atoms with Crippen LogP contribution in [0.2, 0.25) is 5.02 Å². The van der Waals surface area contributed by atoms with Crippen LogP contribution in [0, 0.1) is 6.92 Å². The molecule has 8 nitrogen and oxygen atoms in total. The highest BCUT2D eigenvalue weighted by Gasteiger charge is 2.27. The Balaban J connectivity index is 1.79. The van der Waals surface area contributed by atoms with Crippen molar-refractivity contribution in [2.24, 2.45) is 7.05 Å². The number of amides is 2. The lowest BCUT2D eigenvalue weighted by atomic mass is 10.1. The van der Waals surface area contributed by atoms with Crippen molar-refractivity contribution in [3.63, 3.8) is 0 Å². The van der Waals surface area contributed by atoms with Crippen LogP contribution >= 0.6 is 11.6 Å². The Morgan fingerprint density at radius 1 is 1.19 bits per heavy atom. The van der Waals surface area contributed by atoms with Crippen molar-refractivity contribution >= 4 is 29.1 Å². The zero-order valence-electron chi connectivity index (χ0n) is 15.2. The predicted octanol–water partition coefficient (Wildman–Crippen LogP) is 2.40. The van der Waals surface area contributed by atoms with Gasteiger partial charge in [0, 0.05) is 20.1 Å². The first-order chi connectivity index (χ1) is 12.4. The van der Waals surface area contributed by atoms with Crippen molar-refractivity contribution in [3.05, 3.63) is 28.8 Å². The van der Waals surface area contributed by atoms with Crippen molar-refractivity contribution in [3.8, 4) is 0 Å². The van der Waals surface area contributed by atoms with Crippen molar-refractivity contribution in [1.29, 1.82) is 0 Å². The monoisotopic (exact) mass is 378 g/mol. The minimum atomic E-state index is -0.569. The molecule has 26 heavy (non-hydrogen) atoms. The predicted molar refractivity (Wildman–Crippen MR) is 98.3 cm³/mol. The van der Waals surface area contributed by atoms with Gasteiger partial charge in [0.15, 0.2) is 0 Å². The normalized spacial score (nSPS) is 15.8. The van der Waals surface area contributed by atoms with Crippen molar-refractivity contribution < 1.29 is 9.59 Å². The minimum Gasteiger partial charge on any atom is -0.337 e. The van der Waals surface area contributed by atoms with E-state index in [2.05, 4.69) is 15.5 Å². The maximum Gasteiger partial charge on any atom is 0.274 e. The zero-order valence-corrected chi connectivity index (χ0v) is 16.0. The molecule has 1 atom stereocenters. The third kappa shape index (κ3) is 3.46. The number of aromatic nitrogens is 4. The van der Waals surface area contributed by atoms with Gasteiger partial charge in [-0.3, -0.25) is 19.0 Å². The molecular weight excluding hydrogens is 356 g/mol. The standard InChI is InChI=1S/C17H23ClN6O2/c1-11-13(18)9-20-24(11)12(2)16(25)21-14-10-19-22(3)15(14)17(26)23-7-5-4-6-8-23/h9-10,12H,4-8H2,1-3H3,(H,21,25)/t12-/m1/s1. The maximum atomic E-state index is 12.9. The van der Waals surface area contributed by atoms with Crippen LogP contribution in [0.4, 0.5) is 5.69 Å². The molecule has 1 fully saturated rings. The molecule has 1 N–H and O–H groups in total. The van der Waals surface area contributed by atoms with E-state index in [0.717, 1.165) is 32.4 Å². The van der Waals surface area contributed by atoms with E-state index >= 15 is 0 Å². The van der Waals surface area contributed by atoms with E-state index in [0.29, 0.717) is 22.1 Å². The number of nitrogens with one attached hydrogen (secondary N) is 1. The number of carbonyl (C=O) groups is 2. The molecule has 3 heterocycles. The number of hydrogen-bond acceptors (Lipinski definition) is 4. The molecule has 0 aromatic carbocycles. The van der Waals surface area contributed by atoms with Crippen LogP contribution in [0.5, 0.6) is 0 Å². The van der Waals surface area contributed by atoms with Gasteiger partial charge in [0.05, 0.1) is 28.8 Å². The molecule has 1 saturated heterocycles. The lowest BCUT2D eigenvalue weighted by Crippen LogP contribution is -2.37. The molecule has 0 radical (unpaired) electrons. The van der Waals surface area contributed by atoms with Gasteiger partial charge in [0.25, 0.3) is 5.91 Å². The van der Waals surface area contributed by atoms with Crippen molar-refractivity contribution in [2.45, 2.75) is 39.2 Å². The number of likely N-dealkylation sites (tertiary alicyclic amines) is 1. The van der Waals surface area contributed by atoms with Gasteiger partial charge in [-0.15, -0.1) is 0 Å². The van der Waals surface area contributed by atoms with Gasteiger partial charge in [0.1, 0.15) is 11.7 Å². The Morgan fingerprint density at radius 2 is 1.88 bits per heavy atom. The van der Waals surface area contributed by atoms with E-state index in [1.165, 1.54) is 17.1 Å². The summed E-state index contributed by atoms with van der Waals surface area (Å²) in [6.07, 6.45) is 6.16. The first kappa shape index (κ1) is 18.4. The Morgan fingerprint density at radius 3 is 2.50 bits per heavy atom. The van der Waals surface area contributed by atoms with Gasteiger partial charge in [0.2, 0.25) is 5.91 Å². The third-order valence-electron chi connectivity index (χ3n) is 4.77. The van der Waals surface area contributed by atoms with E-state index in [-0.39, 0.29) is 11.8 Å². The summed E-state index contributed by atoms with van der Waals surface area (Å²) in [7, 11) is 1.70. The van der Waals surface area contributed by atoms with Crippen molar-refractivity contribution in [1.82, 2.24) is 24.5 Å². The van der Waals surface area contributed by atoms with Gasteiger partial charge < -0.3 is 10.2 Å². The van der Waals surface area contributed by atoms with Gasteiger partial charge in [-0.1, -0.05) is 11.6 Å². The van der Waals surface area contributed by atoms with E-state index < -0.39 is 6.04 Å². The number of hydrogen-bond donors (Lipinski definition) is 1. The molecule has 2 aromatic heterocycles. The second kappa shape index (κ2) is 7.49. The zero-order chi connectivity index (χ0) is 18.8. The molecule has 140 valence electrons. The van der Waals surface area contributed by atoms with Gasteiger partial charge in [-0.25, -0.2) is 0 Å². The molecule has 1 aliphatic heterocycles. The average Bonchev–Trinajstić information content (AvgIpc) is 3.17. The summed E-state index contributed by atoms with van der Waals surface area (Å²) in [6, 6.07) is -0.569. The van der Waals surface area contributed by atoms with Crippen LogP contribution in [0.15, 0.2) is 12.4 Å². The second-order valence-corrected chi connectivity index (χ2v) is 6.98. The summed E-state index contributed by atoms with van der Waals surface area (Å²) < 4.78 is 3.06. The molecule has 2 amide bonds. The first-order valence-corrected chi connectivity index (χ1v) is 9.09. The number of anilines is 1. The van der Waals surface area contributed by atoms with Crippen molar-refractivity contribution in [2.75, 3.05) is 18.4 Å². The first-order valence-electron chi connectivity index (χ1n) is 8.72. The number of piperidine rings is 1. The summed E-state index contributed by atoms with van der Waals surface area (Å²) in [4.78, 5) is 27.3. The lowest BCUT2D eigenvalue weighted by Gasteiger charge is -2.27. The van der Waals surface area contributed by atoms with Crippen LogP contribution in [0.1, 0.15) is 48.4 Å². The van der Waals surface area contributed by atoms with Crippen LogP contribution in [0.3, 0.4) is 0 Å². The molecule has 0 unspecified atom stereocenters. The molecule has 9 heteroatoms. The molecule has 0 spiro atoms. The highest BCUT2D eigenvalue weighted by Crippen LogP contribution is 2.22. The second-order valence-electron chi connectivity index (χ2n) is 6.57. The van der Waals surface area contributed by atoms with E-state index in [1.54, 1.807) is 25.6 Å². The van der Waals surface area contributed by atoms with Crippen LogP contribution in [0.25, 0.3) is 0 Å². The molecule has 0 bridgehead atoms. The SMILES string of the molecule is Cc1c(Cl)cnn1[C@H](C)C(=O)Nc1cnn(C)c1C(=O)N1CCCCC1. The van der Waals surface area contributed by atoms with Gasteiger partial charge in [-0.2, -0.15) is 10.2 Å². The fourth-order valence-corrected chi connectivity index (χ4v) is 3.30. The lowest BCUT2D eigenvalue weighted by molar-refractivity contribution is -0.119. The summed E-state index contributed by atoms with van der Waals surface area (Å²) in [5, 5.41) is 11.6. The largest absolute Gasteiger partial charge is 0.337 e. The summed E-state index contributed by atoms with van der Waals surface area (Å²) in [5.41, 5.74) is 1.52. The Bertz CT molecular complexity index is 821. The van der Waals surface area contributed by atoms with E-state index in [4.69, 9.17) is 11.6 Å². The molecular formula is C17H23ClN6O2. The van der Waals surface area contributed by atoms with Crippen LogP contribution < -0.4 is 5.32 Å². The highest BCUT2D eigenvalue weighted by atomic mass is 35.5. The van der Waals surface area contributed by atoms with Crippen LogP contribution in [-0.4, -0.2) is 49.4 Å². The Labute approximate surface area is 157 Å². The number of rotatable bonds is 4. The number of halogens is 1. The molecule has 3 rings (SSSR count). The third-order valence-corrected chi connectivity index (χ3v) is 5.14. The number of aryl methyl sites for hydroxylation is 1. The molecule has 0 aliphatic carbocycles. The minimum absolute atomic E-state index is 0.106. The van der Waals surface area contributed by atoms with E-state index in [9.17, 15) is 9.59 Å². The molecule has 0 saturated carbocycles.